The van der Waals surface area contributed by atoms with Gasteiger partial charge in [0.15, 0.2) is 0 Å². The first-order chi connectivity index (χ1) is 8.29. The molecule has 0 saturated carbocycles. The molecular formula is C15H19NS. The first-order valence-electron chi connectivity index (χ1n) is 6.14. The number of aryl methyl sites for hydroxylation is 1. The highest BCUT2D eigenvalue weighted by Gasteiger charge is 2.05. The SMILES string of the molecule is CCc1ccc(CNC(C)c2cccs2)cc1. The molecule has 0 aliphatic heterocycles. The van der Waals surface area contributed by atoms with Gasteiger partial charge in [-0.05, 0) is 35.9 Å². The molecule has 1 N–H and O–H groups in total. The largest absolute Gasteiger partial charge is 0.305 e. The van der Waals surface area contributed by atoms with E-state index in [1.165, 1.54) is 16.0 Å². The molecule has 1 atom stereocenters. The fourth-order valence-corrected chi connectivity index (χ4v) is 2.56. The van der Waals surface area contributed by atoms with Gasteiger partial charge in [-0.3, -0.25) is 0 Å². The number of nitrogens with one attached hydrogen (secondary N) is 1. The highest BCUT2D eigenvalue weighted by atomic mass is 32.1. The minimum Gasteiger partial charge on any atom is -0.305 e. The summed E-state index contributed by atoms with van der Waals surface area (Å²) in [5, 5.41) is 5.68. The van der Waals surface area contributed by atoms with E-state index in [0.717, 1.165) is 13.0 Å². The van der Waals surface area contributed by atoms with Crippen LogP contribution in [0.3, 0.4) is 0 Å². The lowest BCUT2D eigenvalue weighted by Gasteiger charge is -2.12. The van der Waals surface area contributed by atoms with E-state index >= 15 is 0 Å². The first kappa shape index (κ1) is 12.3. The number of benzene rings is 1. The van der Waals surface area contributed by atoms with Crippen LogP contribution in [0.25, 0.3) is 0 Å². The van der Waals surface area contributed by atoms with Gasteiger partial charge in [-0.1, -0.05) is 37.3 Å². The predicted molar refractivity (Wildman–Crippen MR) is 75.4 cm³/mol. The summed E-state index contributed by atoms with van der Waals surface area (Å²) in [6, 6.07) is 13.6. The van der Waals surface area contributed by atoms with Crippen LogP contribution < -0.4 is 5.32 Å². The number of hydrogen-bond donors (Lipinski definition) is 1. The van der Waals surface area contributed by atoms with Crippen molar-refractivity contribution in [3.8, 4) is 0 Å². The van der Waals surface area contributed by atoms with Crippen LogP contribution in [0.1, 0.15) is 35.9 Å². The van der Waals surface area contributed by atoms with Gasteiger partial charge in [-0.15, -0.1) is 11.3 Å². The Hall–Kier alpha value is -1.12. The molecule has 0 radical (unpaired) electrons. The Balaban J connectivity index is 1.89. The maximum Gasteiger partial charge on any atom is 0.0388 e. The molecule has 1 heterocycles. The van der Waals surface area contributed by atoms with Crippen LogP contribution >= 0.6 is 11.3 Å². The van der Waals surface area contributed by atoms with Gasteiger partial charge in [-0.2, -0.15) is 0 Å². The zero-order valence-electron chi connectivity index (χ0n) is 10.4. The summed E-state index contributed by atoms with van der Waals surface area (Å²) in [5.41, 5.74) is 2.76. The van der Waals surface area contributed by atoms with Crippen molar-refractivity contribution >= 4 is 11.3 Å². The molecule has 1 unspecified atom stereocenters. The minimum absolute atomic E-state index is 0.431. The average molecular weight is 245 g/mol. The average Bonchev–Trinajstić information content (AvgIpc) is 2.90. The Kier molecular flexibility index (Phi) is 4.35. The third-order valence-corrected chi connectivity index (χ3v) is 4.07. The molecule has 2 aromatic rings. The molecule has 0 aliphatic carbocycles. The monoisotopic (exact) mass is 245 g/mol. The summed E-state index contributed by atoms with van der Waals surface area (Å²) >= 11 is 1.81. The van der Waals surface area contributed by atoms with E-state index in [2.05, 4.69) is 60.9 Å². The van der Waals surface area contributed by atoms with Gasteiger partial charge in [0.25, 0.3) is 0 Å². The molecule has 1 aromatic heterocycles. The van der Waals surface area contributed by atoms with Crippen LogP contribution in [0.5, 0.6) is 0 Å². The van der Waals surface area contributed by atoms with Crippen molar-refractivity contribution in [3.05, 3.63) is 57.8 Å². The molecule has 0 bridgehead atoms. The van der Waals surface area contributed by atoms with Gasteiger partial charge < -0.3 is 5.32 Å². The quantitative estimate of drug-likeness (QED) is 0.834. The van der Waals surface area contributed by atoms with Crippen molar-refractivity contribution in [1.82, 2.24) is 5.32 Å². The fraction of sp³-hybridized carbons (Fsp3) is 0.333. The standard InChI is InChI=1S/C15H19NS/c1-3-13-6-8-14(9-7-13)11-16-12(2)15-5-4-10-17-15/h4-10,12,16H,3,11H2,1-2H3. The summed E-state index contributed by atoms with van der Waals surface area (Å²) in [7, 11) is 0. The fourth-order valence-electron chi connectivity index (χ4n) is 1.80. The molecule has 2 heteroatoms. The van der Waals surface area contributed by atoms with E-state index in [0.29, 0.717) is 6.04 Å². The summed E-state index contributed by atoms with van der Waals surface area (Å²) in [4.78, 5) is 1.40. The van der Waals surface area contributed by atoms with Gasteiger partial charge in [-0.25, -0.2) is 0 Å². The second-order valence-electron chi connectivity index (χ2n) is 4.29. The molecule has 1 aromatic carbocycles. The van der Waals surface area contributed by atoms with Gasteiger partial charge in [0, 0.05) is 17.5 Å². The topological polar surface area (TPSA) is 12.0 Å². The number of thiophene rings is 1. The Bertz CT molecular complexity index is 430. The normalized spacial score (nSPS) is 12.6. The minimum atomic E-state index is 0.431. The van der Waals surface area contributed by atoms with E-state index in [-0.39, 0.29) is 0 Å². The van der Waals surface area contributed by atoms with Crippen LogP contribution in [0.15, 0.2) is 41.8 Å². The number of rotatable bonds is 5. The molecule has 0 amide bonds. The molecule has 0 fully saturated rings. The molecule has 1 nitrogen and oxygen atoms in total. The van der Waals surface area contributed by atoms with E-state index in [1.54, 1.807) is 0 Å². The second kappa shape index (κ2) is 5.99. The molecule has 17 heavy (non-hydrogen) atoms. The molecule has 2 rings (SSSR count). The lowest BCUT2D eigenvalue weighted by molar-refractivity contribution is 0.583. The van der Waals surface area contributed by atoms with E-state index in [1.807, 2.05) is 11.3 Å². The zero-order valence-corrected chi connectivity index (χ0v) is 11.3. The maximum atomic E-state index is 3.55. The van der Waals surface area contributed by atoms with Crippen molar-refractivity contribution in [2.45, 2.75) is 32.9 Å². The van der Waals surface area contributed by atoms with Crippen molar-refractivity contribution in [2.24, 2.45) is 0 Å². The van der Waals surface area contributed by atoms with Crippen molar-refractivity contribution in [3.63, 3.8) is 0 Å². The zero-order chi connectivity index (χ0) is 12.1. The second-order valence-corrected chi connectivity index (χ2v) is 5.27. The smallest absolute Gasteiger partial charge is 0.0388 e. The third-order valence-electron chi connectivity index (χ3n) is 3.01. The van der Waals surface area contributed by atoms with E-state index < -0.39 is 0 Å². The summed E-state index contributed by atoms with van der Waals surface area (Å²) in [5.74, 6) is 0. The highest BCUT2D eigenvalue weighted by molar-refractivity contribution is 7.10. The Morgan fingerprint density at radius 1 is 1.12 bits per heavy atom. The van der Waals surface area contributed by atoms with Crippen molar-refractivity contribution < 1.29 is 0 Å². The summed E-state index contributed by atoms with van der Waals surface area (Å²) in [6.45, 7) is 5.33. The lowest BCUT2D eigenvalue weighted by atomic mass is 10.1. The van der Waals surface area contributed by atoms with E-state index in [4.69, 9.17) is 0 Å². The third kappa shape index (κ3) is 3.42. The van der Waals surface area contributed by atoms with Crippen molar-refractivity contribution in [1.29, 1.82) is 0 Å². The lowest BCUT2D eigenvalue weighted by Crippen LogP contribution is -2.17. The van der Waals surface area contributed by atoms with Gasteiger partial charge in [0.05, 0.1) is 0 Å². The Morgan fingerprint density at radius 3 is 2.41 bits per heavy atom. The van der Waals surface area contributed by atoms with Crippen LogP contribution in [0.2, 0.25) is 0 Å². The molecule has 0 saturated heterocycles. The first-order valence-corrected chi connectivity index (χ1v) is 7.02. The summed E-state index contributed by atoms with van der Waals surface area (Å²) < 4.78 is 0. The molecular weight excluding hydrogens is 226 g/mol. The van der Waals surface area contributed by atoms with Crippen LogP contribution in [-0.2, 0) is 13.0 Å². The van der Waals surface area contributed by atoms with Gasteiger partial charge in [0.1, 0.15) is 0 Å². The number of hydrogen-bond acceptors (Lipinski definition) is 2. The maximum absolute atomic E-state index is 3.55. The molecule has 0 aliphatic rings. The highest BCUT2D eigenvalue weighted by Crippen LogP contribution is 2.18. The molecule has 90 valence electrons. The van der Waals surface area contributed by atoms with E-state index in [9.17, 15) is 0 Å². The van der Waals surface area contributed by atoms with Crippen LogP contribution in [0.4, 0.5) is 0 Å². The summed E-state index contributed by atoms with van der Waals surface area (Å²) in [6.07, 6.45) is 1.11. The Labute approximate surface area is 108 Å². The molecule has 0 spiro atoms. The predicted octanol–water partition coefficient (Wildman–Crippen LogP) is 4.16. The van der Waals surface area contributed by atoms with Gasteiger partial charge >= 0.3 is 0 Å². The van der Waals surface area contributed by atoms with Crippen molar-refractivity contribution in [2.75, 3.05) is 0 Å². The van der Waals surface area contributed by atoms with Gasteiger partial charge in [0.2, 0.25) is 0 Å². The van der Waals surface area contributed by atoms with Crippen LogP contribution in [-0.4, -0.2) is 0 Å². The van der Waals surface area contributed by atoms with Crippen LogP contribution in [0, 0.1) is 0 Å². The Morgan fingerprint density at radius 2 is 1.82 bits per heavy atom.